The van der Waals surface area contributed by atoms with E-state index in [1.165, 1.54) is 5.69 Å². The molecule has 1 aliphatic rings. The van der Waals surface area contributed by atoms with Crippen molar-refractivity contribution in [2.45, 2.75) is 12.6 Å². The quantitative estimate of drug-likeness (QED) is 0.887. The summed E-state index contributed by atoms with van der Waals surface area (Å²) in [6.07, 6.45) is 2.05. The maximum absolute atomic E-state index is 13.2. The standard InChI is InChI=1S/C18H24FN3O/c1-21-8-2-3-17(21)13-20-14-18(22-9-11-23-12-10-22)15-4-6-16(19)7-5-15/h2-8,18,20H,9-14H2,1H3. The Bertz CT molecular complexity index is 605. The van der Waals surface area contributed by atoms with Crippen LogP contribution in [-0.4, -0.2) is 42.3 Å². The molecule has 3 rings (SSSR count). The Hall–Kier alpha value is -1.69. The lowest BCUT2D eigenvalue weighted by molar-refractivity contribution is 0.0160. The molecule has 5 heteroatoms. The number of rotatable bonds is 6. The molecule has 4 nitrogen and oxygen atoms in total. The molecule has 0 bridgehead atoms. The summed E-state index contributed by atoms with van der Waals surface area (Å²) in [6.45, 7) is 5.00. The van der Waals surface area contributed by atoms with Crippen molar-refractivity contribution in [1.29, 1.82) is 0 Å². The van der Waals surface area contributed by atoms with Gasteiger partial charge in [-0.3, -0.25) is 4.90 Å². The van der Waals surface area contributed by atoms with E-state index >= 15 is 0 Å². The minimum atomic E-state index is -0.189. The average molecular weight is 317 g/mol. The molecule has 1 aromatic carbocycles. The van der Waals surface area contributed by atoms with Crippen molar-refractivity contribution in [3.63, 3.8) is 0 Å². The lowest BCUT2D eigenvalue weighted by Gasteiger charge is -2.35. The summed E-state index contributed by atoms with van der Waals surface area (Å²) in [6, 6.07) is 11.3. The molecule has 1 fully saturated rings. The third-order valence-corrected chi connectivity index (χ3v) is 4.44. The van der Waals surface area contributed by atoms with Crippen LogP contribution in [0.25, 0.3) is 0 Å². The zero-order valence-electron chi connectivity index (χ0n) is 13.5. The second kappa shape index (κ2) is 7.73. The number of benzene rings is 1. The fourth-order valence-corrected chi connectivity index (χ4v) is 3.05. The van der Waals surface area contributed by atoms with E-state index in [2.05, 4.69) is 40.2 Å². The summed E-state index contributed by atoms with van der Waals surface area (Å²) < 4.78 is 20.8. The fraction of sp³-hybridized carbons (Fsp3) is 0.444. The highest BCUT2D eigenvalue weighted by Crippen LogP contribution is 2.21. The average Bonchev–Trinajstić information content (AvgIpc) is 2.99. The Morgan fingerprint density at radius 1 is 1.17 bits per heavy atom. The lowest BCUT2D eigenvalue weighted by atomic mass is 10.0. The van der Waals surface area contributed by atoms with Gasteiger partial charge in [-0.15, -0.1) is 0 Å². The van der Waals surface area contributed by atoms with E-state index in [0.29, 0.717) is 0 Å². The first-order valence-electron chi connectivity index (χ1n) is 8.12. The zero-order valence-corrected chi connectivity index (χ0v) is 13.5. The summed E-state index contributed by atoms with van der Waals surface area (Å²) >= 11 is 0. The van der Waals surface area contributed by atoms with E-state index in [1.54, 1.807) is 12.1 Å². The Morgan fingerprint density at radius 2 is 1.91 bits per heavy atom. The molecule has 23 heavy (non-hydrogen) atoms. The van der Waals surface area contributed by atoms with E-state index in [0.717, 1.165) is 45.0 Å². The molecule has 0 aliphatic carbocycles. The van der Waals surface area contributed by atoms with Gasteiger partial charge in [-0.2, -0.15) is 0 Å². The number of aryl methyl sites for hydroxylation is 1. The SMILES string of the molecule is Cn1cccc1CNCC(c1ccc(F)cc1)N1CCOCC1. The highest BCUT2D eigenvalue weighted by molar-refractivity contribution is 5.21. The molecule has 0 spiro atoms. The number of hydrogen-bond acceptors (Lipinski definition) is 3. The second-order valence-electron chi connectivity index (χ2n) is 5.96. The summed E-state index contributed by atoms with van der Waals surface area (Å²) in [7, 11) is 2.05. The molecule has 124 valence electrons. The van der Waals surface area contributed by atoms with Gasteiger partial charge in [0.15, 0.2) is 0 Å². The molecule has 1 atom stereocenters. The first-order valence-corrected chi connectivity index (χ1v) is 8.12. The summed E-state index contributed by atoms with van der Waals surface area (Å²) in [4.78, 5) is 2.41. The normalized spacial score (nSPS) is 17.3. The van der Waals surface area contributed by atoms with Gasteiger partial charge in [0.05, 0.1) is 13.2 Å². The van der Waals surface area contributed by atoms with Gasteiger partial charge in [0, 0.05) is 51.2 Å². The van der Waals surface area contributed by atoms with E-state index in [9.17, 15) is 4.39 Å². The molecular weight excluding hydrogens is 293 g/mol. The van der Waals surface area contributed by atoms with Crippen molar-refractivity contribution in [2.75, 3.05) is 32.8 Å². The number of halogens is 1. The predicted octanol–water partition coefficient (Wildman–Crippen LogP) is 2.33. The molecule has 1 aliphatic heterocycles. The number of aromatic nitrogens is 1. The molecule has 2 aromatic rings. The van der Waals surface area contributed by atoms with Crippen LogP contribution in [-0.2, 0) is 18.3 Å². The zero-order chi connectivity index (χ0) is 16.1. The monoisotopic (exact) mass is 317 g/mol. The van der Waals surface area contributed by atoms with Crippen LogP contribution < -0.4 is 5.32 Å². The summed E-state index contributed by atoms with van der Waals surface area (Å²) in [5, 5.41) is 3.54. The van der Waals surface area contributed by atoms with E-state index in [1.807, 2.05) is 12.1 Å². The number of ether oxygens (including phenoxy) is 1. The van der Waals surface area contributed by atoms with E-state index < -0.39 is 0 Å². The number of morpholine rings is 1. The van der Waals surface area contributed by atoms with Gasteiger partial charge in [0.2, 0.25) is 0 Å². The molecule has 1 aromatic heterocycles. The molecule has 0 amide bonds. The Kier molecular flexibility index (Phi) is 5.43. The molecule has 0 saturated carbocycles. The van der Waals surface area contributed by atoms with E-state index in [-0.39, 0.29) is 11.9 Å². The van der Waals surface area contributed by atoms with E-state index in [4.69, 9.17) is 4.74 Å². The third kappa shape index (κ3) is 4.19. The van der Waals surface area contributed by atoms with Crippen LogP contribution in [0.1, 0.15) is 17.3 Å². The predicted molar refractivity (Wildman–Crippen MR) is 88.7 cm³/mol. The van der Waals surface area contributed by atoms with Crippen LogP contribution in [0.3, 0.4) is 0 Å². The maximum atomic E-state index is 13.2. The van der Waals surface area contributed by atoms with Crippen LogP contribution in [0.5, 0.6) is 0 Å². The smallest absolute Gasteiger partial charge is 0.123 e. The van der Waals surface area contributed by atoms with Gasteiger partial charge < -0.3 is 14.6 Å². The summed E-state index contributed by atoms with van der Waals surface area (Å²) in [5.74, 6) is -0.189. The summed E-state index contributed by atoms with van der Waals surface area (Å²) in [5.41, 5.74) is 2.40. The van der Waals surface area contributed by atoms with Crippen LogP contribution >= 0.6 is 0 Å². The highest BCUT2D eigenvalue weighted by Gasteiger charge is 2.22. The second-order valence-corrected chi connectivity index (χ2v) is 5.96. The van der Waals surface area contributed by atoms with Crippen molar-refractivity contribution in [1.82, 2.24) is 14.8 Å². The van der Waals surface area contributed by atoms with Gasteiger partial charge in [0.1, 0.15) is 5.82 Å². The van der Waals surface area contributed by atoms with Crippen molar-refractivity contribution in [3.8, 4) is 0 Å². The topological polar surface area (TPSA) is 29.4 Å². The lowest BCUT2D eigenvalue weighted by Crippen LogP contribution is -2.42. The Morgan fingerprint density at radius 3 is 2.57 bits per heavy atom. The molecule has 1 N–H and O–H groups in total. The molecular formula is C18H24FN3O. The van der Waals surface area contributed by atoms with Crippen molar-refractivity contribution >= 4 is 0 Å². The molecule has 2 heterocycles. The van der Waals surface area contributed by atoms with Gasteiger partial charge in [-0.25, -0.2) is 4.39 Å². The van der Waals surface area contributed by atoms with Gasteiger partial charge in [0.25, 0.3) is 0 Å². The number of hydrogen-bond donors (Lipinski definition) is 1. The maximum Gasteiger partial charge on any atom is 0.123 e. The van der Waals surface area contributed by atoms with Crippen molar-refractivity contribution < 1.29 is 9.13 Å². The fourth-order valence-electron chi connectivity index (χ4n) is 3.05. The van der Waals surface area contributed by atoms with Crippen molar-refractivity contribution in [3.05, 3.63) is 59.7 Å². The largest absolute Gasteiger partial charge is 0.379 e. The van der Waals surface area contributed by atoms with Crippen LogP contribution in [0.2, 0.25) is 0 Å². The minimum Gasteiger partial charge on any atom is -0.379 e. The van der Waals surface area contributed by atoms with Gasteiger partial charge in [-0.1, -0.05) is 12.1 Å². The number of nitrogens with zero attached hydrogens (tertiary/aromatic N) is 2. The molecule has 0 radical (unpaired) electrons. The molecule has 1 unspecified atom stereocenters. The first-order chi connectivity index (χ1) is 11.2. The third-order valence-electron chi connectivity index (χ3n) is 4.44. The van der Waals surface area contributed by atoms with Gasteiger partial charge in [-0.05, 0) is 29.8 Å². The minimum absolute atomic E-state index is 0.189. The number of nitrogens with one attached hydrogen (secondary N) is 1. The van der Waals surface area contributed by atoms with Crippen molar-refractivity contribution in [2.24, 2.45) is 7.05 Å². The highest BCUT2D eigenvalue weighted by atomic mass is 19.1. The van der Waals surface area contributed by atoms with Gasteiger partial charge >= 0.3 is 0 Å². The van der Waals surface area contributed by atoms with Crippen LogP contribution in [0, 0.1) is 5.82 Å². The first kappa shape index (κ1) is 16.2. The Balaban J connectivity index is 1.67. The van der Waals surface area contributed by atoms with Crippen LogP contribution in [0.4, 0.5) is 4.39 Å². The van der Waals surface area contributed by atoms with Crippen LogP contribution in [0.15, 0.2) is 42.6 Å². The Labute approximate surface area is 136 Å². The molecule has 1 saturated heterocycles.